The lowest BCUT2D eigenvalue weighted by molar-refractivity contribution is -0.384. The van der Waals surface area contributed by atoms with Gasteiger partial charge in [-0.1, -0.05) is 11.6 Å². The van der Waals surface area contributed by atoms with Crippen molar-refractivity contribution in [2.75, 3.05) is 20.1 Å². The predicted molar refractivity (Wildman–Crippen MR) is 73.6 cm³/mol. The largest absolute Gasteiger partial charge is 0.390 e. The topological polar surface area (TPSA) is 113 Å². The first kappa shape index (κ1) is 15.6. The first-order chi connectivity index (χ1) is 9.25. The maximum absolute atomic E-state index is 12.4. The molecule has 0 radical (unpaired) electrons. The van der Waals surface area contributed by atoms with Gasteiger partial charge in [-0.2, -0.15) is 4.31 Å². The van der Waals surface area contributed by atoms with E-state index in [9.17, 15) is 23.6 Å². The quantitative estimate of drug-likeness (QED) is 0.600. The second kappa shape index (κ2) is 5.54. The molecule has 0 saturated carbocycles. The van der Waals surface area contributed by atoms with Crippen molar-refractivity contribution < 1.29 is 18.4 Å². The maximum atomic E-state index is 12.4. The highest BCUT2D eigenvalue weighted by Gasteiger charge is 2.37. The second-order valence-corrected chi connectivity index (χ2v) is 8.17. The van der Waals surface area contributed by atoms with Gasteiger partial charge in [-0.05, 0) is 0 Å². The van der Waals surface area contributed by atoms with Crippen molar-refractivity contribution in [3.8, 4) is 0 Å². The van der Waals surface area contributed by atoms with Gasteiger partial charge < -0.3 is 10.4 Å². The summed E-state index contributed by atoms with van der Waals surface area (Å²) < 4.78 is 25.4. The zero-order chi connectivity index (χ0) is 15.1. The second-order valence-electron chi connectivity index (χ2n) is 4.30. The van der Waals surface area contributed by atoms with Gasteiger partial charge in [0.2, 0.25) is 0 Å². The Labute approximate surface area is 124 Å². The molecule has 2 N–H and O–H groups in total. The Balaban J connectivity index is 2.35. The Morgan fingerprint density at radius 2 is 2.25 bits per heavy atom. The highest BCUT2D eigenvalue weighted by atomic mass is 35.5. The Kier molecular flexibility index (Phi) is 4.33. The summed E-state index contributed by atoms with van der Waals surface area (Å²) >= 11 is 6.30. The number of nitrogens with zero attached hydrogens (tertiary/aromatic N) is 2. The van der Waals surface area contributed by atoms with Gasteiger partial charge in [0.15, 0.2) is 4.34 Å². The van der Waals surface area contributed by atoms with Gasteiger partial charge in [0.05, 0.1) is 17.1 Å². The average molecular weight is 342 g/mol. The van der Waals surface area contributed by atoms with E-state index in [0.717, 1.165) is 10.4 Å². The van der Waals surface area contributed by atoms with Gasteiger partial charge in [-0.15, -0.1) is 11.3 Å². The van der Waals surface area contributed by atoms with Gasteiger partial charge >= 0.3 is 0 Å². The SMILES string of the molecule is CN([C@H]1CNC[C@@H]1O)S(=O)(=O)c1cc([N+](=O)[O-])c(Cl)s1. The molecule has 11 heteroatoms. The average Bonchev–Trinajstić information content (AvgIpc) is 2.94. The highest BCUT2D eigenvalue weighted by molar-refractivity contribution is 7.91. The molecule has 2 heterocycles. The van der Waals surface area contributed by atoms with E-state index in [1.165, 1.54) is 7.05 Å². The minimum Gasteiger partial charge on any atom is -0.390 e. The van der Waals surface area contributed by atoms with Crippen LogP contribution in [0, 0.1) is 10.1 Å². The fourth-order valence-electron chi connectivity index (χ4n) is 1.93. The van der Waals surface area contributed by atoms with E-state index in [2.05, 4.69) is 5.32 Å². The molecule has 8 nitrogen and oxygen atoms in total. The van der Waals surface area contributed by atoms with Crippen molar-refractivity contribution in [3.05, 3.63) is 20.5 Å². The highest BCUT2D eigenvalue weighted by Crippen LogP contribution is 2.37. The molecule has 1 saturated heterocycles. The van der Waals surface area contributed by atoms with E-state index in [4.69, 9.17) is 11.6 Å². The van der Waals surface area contributed by atoms with Crippen LogP contribution < -0.4 is 5.32 Å². The van der Waals surface area contributed by atoms with Crippen LogP contribution in [-0.4, -0.2) is 55.0 Å². The summed E-state index contributed by atoms with van der Waals surface area (Å²) in [6, 6.07) is 0.327. The lowest BCUT2D eigenvalue weighted by Crippen LogP contribution is -2.43. The van der Waals surface area contributed by atoms with Gasteiger partial charge in [0.25, 0.3) is 15.7 Å². The van der Waals surface area contributed by atoms with Crippen LogP contribution in [0.5, 0.6) is 0 Å². The van der Waals surface area contributed by atoms with Crippen LogP contribution in [0.25, 0.3) is 0 Å². The van der Waals surface area contributed by atoms with E-state index in [-0.39, 0.29) is 8.55 Å². The standard InChI is InChI=1S/C9H12ClN3O5S2/c1-12(6-3-11-4-7(6)14)20(17,18)8-2-5(13(15)16)9(10)19-8/h2,6-7,11,14H,3-4H2,1H3/t6-,7-/m0/s1. The van der Waals surface area contributed by atoms with Crippen molar-refractivity contribution in [2.24, 2.45) is 0 Å². The number of nitro groups is 1. The normalized spacial score (nSPS) is 23.4. The number of aliphatic hydroxyl groups excluding tert-OH is 1. The first-order valence-electron chi connectivity index (χ1n) is 5.55. The molecule has 1 aromatic heterocycles. The van der Waals surface area contributed by atoms with Gasteiger partial charge in [0.1, 0.15) is 4.21 Å². The Morgan fingerprint density at radius 3 is 2.70 bits per heavy atom. The first-order valence-corrected chi connectivity index (χ1v) is 8.19. The fraction of sp³-hybridized carbons (Fsp3) is 0.556. The van der Waals surface area contributed by atoms with Crippen molar-refractivity contribution in [2.45, 2.75) is 16.4 Å². The third-order valence-corrected chi connectivity index (χ3v) is 6.76. The molecule has 0 spiro atoms. The molecule has 2 rings (SSSR count). The lowest BCUT2D eigenvalue weighted by atomic mass is 10.2. The van der Waals surface area contributed by atoms with Crippen LogP contribution in [-0.2, 0) is 10.0 Å². The molecular formula is C9H12ClN3O5S2. The minimum atomic E-state index is -3.93. The summed E-state index contributed by atoms with van der Waals surface area (Å²) in [6.07, 6.45) is -0.819. The number of hydrogen-bond acceptors (Lipinski definition) is 7. The number of sulfonamides is 1. The summed E-state index contributed by atoms with van der Waals surface area (Å²) in [4.78, 5) is 9.98. The summed E-state index contributed by atoms with van der Waals surface area (Å²) in [5.74, 6) is 0. The van der Waals surface area contributed by atoms with Crippen molar-refractivity contribution in [1.29, 1.82) is 0 Å². The molecule has 1 aliphatic rings. The molecule has 1 aliphatic heterocycles. The van der Waals surface area contributed by atoms with Crippen LogP contribution >= 0.6 is 22.9 Å². The Hall–Kier alpha value is -0.780. The van der Waals surface area contributed by atoms with Gasteiger partial charge in [-0.25, -0.2) is 8.42 Å². The van der Waals surface area contributed by atoms with Crippen LogP contribution in [0.1, 0.15) is 0 Å². The third kappa shape index (κ3) is 2.67. The molecule has 0 aliphatic carbocycles. The Bertz CT molecular complexity index is 632. The van der Waals surface area contributed by atoms with E-state index in [1.54, 1.807) is 0 Å². The van der Waals surface area contributed by atoms with Gasteiger partial charge in [-0.3, -0.25) is 10.1 Å². The number of thiophene rings is 1. The molecule has 112 valence electrons. The number of rotatable bonds is 4. The molecule has 1 aromatic rings. The molecule has 0 amide bonds. The maximum Gasteiger partial charge on any atom is 0.300 e. The summed E-state index contributed by atoms with van der Waals surface area (Å²) in [6.45, 7) is 0.619. The zero-order valence-electron chi connectivity index (χ0n) is 10.3. The minimum absolute atomic E-state index is 0.188. The molecule has 0 aromatic carbocycles. The molecular weight excluding hydrogens is 330 g/mol. The van der Waals surface area contributed by atoms with E-state index in [0.29, 0.717) is 24.4 Å². The number of aliphatic hydroxyl groups is 1. The molecule has 0 unspecified atom stereocenters. The summed E-state index contributed by atoms with van der Waals surface area (Å²) in [5.41, 5.74) is -0.436. The number of β-amino-alcohol motifs (C(OH)–C–C–N with tert-alkyl or cyclic N) is 1. The smallest absolute Gasteiger partial charge is 0.300 e. The number of likely N-dealkylation sites (N-methyl/N-ethyl adjacent to an activating group) is 1. The monoisotopic (exact) mass is 341 g/mol. The summed E-state index contributed by atoms with van der Waals surface area (Å²) in [7, 11) is -2.60. The van der Waals surface area contributed by atoms with E-state index < -0.39 is 32.8 Å². The molecule has 20 heavy (non-hydrogen) atoms. The fourth-order valence-corrected chi connectivity index (χ4v) is 5.17. The van der Waals surface area contributed by atoms with Crippen LogP contribution in [0.4, 0.5) is 5.69 Å². The van der Waals surface area contributed by atoms with E-state index in [1.807, 2.05) is 0 Å². The van der Waals surface area contributed by atoms with Crippen molar-refractivity contribution in [3.63, 3.8) is 0 Å². The third-order valence-electron chi connectivity index (χ3n) is 3.09. The molecule has 0 bridgehead atoms. The number of nitrogens with one attached hydrogen (secondary N) is 1. The predicted octanol–water partition coefficient (Wildman–Crippen LogP) is 0.263. The van der Waals surface area contributed by atoms with Gasteiger partial charge in [0, 0.05) is 26.2 Å². The van der Waals surface area contributed by atoms with E-state index >= 15 is 0 Å². The van der Waals surface area contributed by atoms with Crippen molar-refractivity contribution in [1.82, 2.24) is 9.62 Å². The zero-order valence-corrected chi connectivity index (χ0v) is 12.7. The lowest BCUT2D eigenvalue weighted by Gasteiger charge is -2.24. The van der Waals surface area contributed by atoms with Crippen LogP contribution in [0.3, 0.4) is 0 Å². The molecule has 1 fully saturated rings. The molecule has 2 atom stereocenters. The van der Waals surface area contributed by atoms with Crippen LogP contribution in [0.15, 0.2) is 10.3 Å². The summed E-state index contributed by atoms with van der Waals surface area (Å²) in [5, 5.41) is 23.3. The van der Waals surface area contributed by atoms with Crippen LogP contribution in [0.2, 0.25) is 4.34 Å². The number of halogens is 1. The Morgan fingerprint density at radius 1 is 1.60 bits per heavy atom. The van der Waals surface area contributed by atoms with Crippen molar-refractivity contribution >= 4 is 38.6 Å². The number of hydrogen-bond donors (Lipinski definition) is 2.